The largest absolute Gasteiger partial charge is 0.371 e. The fraction of sp³-hybridized carbons (Fsp3) is 0.533. The van der Waals surface area contributed by atoms with Crippen LogP contribution in [0.4, 0.5) is 0 Å². The summed E-state index contributed by atoms with van der Waals surface area (Å²) in [5.41, 5.74) is 1.89. The number of isocyanates is 1. The third-order valence-electron chi connectivity index (χ3n) is 3.73. The van der Waals surface area contributed by atoms with Crippen LogP contribution in [0.2, 0.25) is 0 Å². The van der Waals surface area contributed by atoms with Crippen LogP contribution in [0, 0.1) is 0 Å². The van der Waals surface area contributed by atoms with E-state index < -0.39 is 6.23 Å². The molecule has 4 rings (SSSR count). The summed E-state index contributed by atoms with van der Waals surface area (Å²) in [6.07, 6.45) is 1.82. The number of aliphatic hydroxyl groups excluding tert-OH is 1. The molecular formula is C15H18N4O4. The maximum Gasteiger partial charge on any atom is 0.237 e. The molecule has 0 bridgehead atoms. The number of allylic oxidation sites excluding steroid dienone is 1. The van der Waals surface area contributed by atoms with Crippen molar-refractivity contribution in [3.8, 4) is 0 Å². The van der Waals surface area contributed by atoms with E-state index in [-0.39, 0.29) is 11.6 Å². The lowest BCUT2D eigenvalue weighted by atomic mass is 10.0. The average molecular weight is 318 g/mol. The van der Waals surface area contributed by atoms with Crippen LogP contribution in [0.5, 0.6) is 0 Å². The van der Waals surface area contributed by atoms with E-state index in [9.17, 15) is 9.59 Å². The third-order valence-corrected chi connectivity index (χ3v) is 3.73. The Labute approximate surface area is 133 Å². The Bertz CT molecular complexity index is 648. The van der Waals surface area contributed by atoms with Gasteiger partial charge in [-0.05, 0) is 6.92 Å². The highest BCUT2D eigenvalue weighted by molar-refractivity contribution is 6.22. The molecule has 0 amide bonds. The van der Waals surface area contributed by atoms with Crippen LogP contribution in [0.15, 0.2) is 28.2 Å². The zero-order valence-corrected chi connectivity index (χ0v) is 12.9. The van der Waals surface area contributed by atoms with Gasteiger partial charge in [0.25, 0.3) is 0 Å². The summed E-state index contributed by atoms with van der Waals surface area (Å²) in [5.74, 6) is 0.0485. The minimum atomic E-state index is -0.900. The maximum atomic E-state index is 12.4. The van der Waals surface area contributed by atoms with Crippen molar-refractivity contribution in [3.05, 3.63) is 23.2 Å². The summed E-state index contributed by atoms with van der Waals surface area (Å²) < 4.78 is 0. The predicted octanol–water partition coefficient (Wildman–Crippen LogP) is -1.16. The van der Waals surface area contributed by atoms with Crippen LogP contribution in [-0.2, 0) is 14.4 Å². The second kappa shape index (κ2) is 5.98. The van der Waals surface area contributed by atoms with Gasteiger partial charge in [0.05, 0.1) is 5.70 Å². The molecule has 0 aromatic carbocycles. The maximum absolute atomic E-state index is 12.4. The van der Waals surface area contributed by atoms with E-state index >= 15 is 0 Å². The average Bonchev–Trinajstić information content (AvgIpc) is 3.37. The lowest BCUT2D eigenvalue weighted by Crippen LogP contribution is -2.29. The van der Waals surface area contributed by atoms with Gasteiger partial charge in [-0.2, -0.15) is 4.99 Å². The molecule has 0 radical (unpaired) electrons. The first-order valence-corrected chi connectivity index (χ1v) is 7.58. The highest BCUT2D eigenvalue weighted by atomic mass is 16.3. The molecule has 0 spiro atoms. The second-order valence-electron chi connectivity index (χ2n) is 5.73. The predicted molar refractivity (Wildman–Crippen MR) is 79.6 cm³/mol. The van der Waals surface area contributed by atoms with Gasteiger partial charge >= 0.3 is 0 Å². The molecule has 122 valence electrons. The van der Waals surface area contributed by atoms with E-state index in [0.29, 0.717) is 17.1 Å². The van der Waals surface area contributed by atoms with Crippen molar-refractivity contribution in [3.63, 3.8) is 0 Å². The SMILES string of the molecule is CC(O)N=C=O.O=C1C=C(N2CC2)C(=O)C(N2CC2)=C1N1CC1. The Balaban J connectivity index is 0.000000227. The standard InChI is InChI=1S/C12H13N3O2.C3H5NO2/c16-9-7-8(13-1-2-13)12(17)11(15-5-6-15)10(9)14-3-4-14;1-3(6)4-2-5/h7H,1-6H2;3,6H,1H3. The Kier molecular flexibility index (Phi) is 4.02. The molecule has 3 aliphatic heterocycles. The summed E-state index contributed by atoms with van der Waals surface area (Å²) in [7, 11) is 0. The number of rotatable bonds is 4. The molecule has 3 fully saturated rings. The molecule has 8 nitrogen and oxygen atoms in total. The molecular weight excluding hydrogens is 300 g/mol. The lowest BCUT2D eigenvalue weighted by molar-refractivity contribution is -0.117. The van der Waals surface area contributed by atoms with Crippen molar-refractivity contribution in [2.45, 2.75) is 13.2 Å². The summed E-state index contributed by atoms with van der Waals surface area (Å²) >= 11 is 0. The highest BCUT2D eigenvalue weighted by Crippen LogP contribution is 2.33. The number of aliphatic imine (C=N–C) groups is 1. The zero-order valence-electron chi connectivity index (χ0n) is 12.9. The molecule has 0 saturated carbocycles. The Morgan fingerprint density at radius 1 is 1.04 bits per heavy atom. The third kappa shape index (κ3) is 3.49. The number of carbonyl (C=O) groups is 2. The van der Waals surface area contributed by atoms with Gasteiger partial charge in [-0.25, -0.2) is 4.79 Å². The molecule has 8 heteroatoms. The van der Waals surface area contributed by atoms with Gasteiger partial charge in [0, 0.05) is 45.3 Å². The first kappa shape index (κ1) is 15.5. The van der Waals surface area contributed by atoms with Crippen LogP contribution in [-0.4, -0.2) is 82.9 Å². The monoisotopic (exact) mass is 318 g/mol. The highest BCUT2D eigenvalue weighted by Gasteiger charge is 2.43. The van der Waals surface area contributed by atoms with Gasteiger partial charge in [0.15, 0.2) is 6.23 Å². The number of hydrogen-bond acceptors (Lipinski definition) is 8. The molecule has 0 aromatic heterocycles. The quantitative estimate of drug-likeness (QED) is 0.302. The molecule has 3 saturated heterocycles. The summed E-state index contributed by atoms with van der Waals surface area (Å²) in [4.78, 5) is 42.5. The summed E-state index contributed by atoms with van der Waals surface area (Å²) in [6, 6.07) is 0. The Morgan fingerprint density at radius 3 is 1.96 bits per heavy atom. The molecule has 23 heavy (non-hydrogen) atoms. The Hall–Kier alpha value is -2.44. The minimum absolute atomic E-state index is 0.00546. The van der Waals surface area contributed by atoms with Crippen molar-refractivity contribution < 1.29 is 19.5 Å². The minimum Gasteiger partial charge on any atom is -0.371 e. The molecule has 1 unspecified atom stereocenters. The number of Topliss-reactive ketones (excluding diaryl/α,β-unsaturated/α-hetero) is 1. The first-order valence-electron chi connectivity index (χ1n) is 7.58. The van der Waals surface area contributed by atoms with E-state index in [0.717, 1.165) is 39.3 Å². The molecule has 3 heterocycles. The van der Waals surface area contributed by atoms with E-state index in [1.807, 2.05) is 14.7 Å². The first-order chi connectivity index (χ1) is 11.0. The van der Waals surface area contributed by atoms with Crippen molar-refractivity contribution in [1.82, 2.24) is 14.7 Å². The van der Waals surface area contributed by atoms with Crippen LogP contribution in [0.1, 0.15) is 6.92 Å². The van der Waals surface area contributed by atoms with Crippen molar-refractivity contribution in [2.75, 3.05) is 39.3 Å². The number of hydrogen-bond donors (Lipinski definition) is 1. The summed E-state index contributed by atoms with van der Waals surface area (Å²) in [5, 5.41) is 8.12. The second-order valence-corrected chi connectivity index (χ2v) is 5.73. The zero-order chi connectivity index (χ0) is 16.6. The number of aliphatic hydroxyl groups is 1. The van der Waals surface area contributed by atoms with Crippen LogP contribution in [0.25, 0.3) is 0 Å². The fourth-order valence-electron chi connectivity index (χ4n) is 2.35. The van der Waals surface area contributed by atoms with E-state index in [2.05, 4.69) is 4.99 Å². The Morgan fingerprint density at radius 2 is 1.57 bits per heavy atom. The molecule has 4 aliphatic rings. The topological polar surface area (TPSA) is 92.8 Å². The number of carbonyl (C=O) groups excluding carboxylic acids is 3. The lowest BCUT2D eigenvalue weighted by Gasteiger charge is -2.21. The van der Waals surface area contributed by atoms with E-state index in [1.165, 1.54) is 19.1 Å². The van der Waals surface area contributed by atoms with Crippen LogP contribution < -0.4 is 0 Å². The van der Waals surface area contributed by atoms with Crippen molar-refractivity contribution in [1.29, 1.82) is 0 Å². The number of ketones is 2. The smallest absolute Gasteiger partial charge is 0.237 e. The molecule has 1 N–H and O–H groups in total. The fourth-order valence-corrected chi connectivity index (χ4v) is 2.35. The van der Waals surface area contributed by atoms with Crippen molar-refractivity contribution in [2.24, 2.45) is 4.99 Å². The van der Waals surface area contributed by atoms with Crippen molar-refractivity contribution >= 4 is 17.6 Å². The van der Waals surface area contributed by atoms with Gasteiger partial charge in [-0.1, -0.05) is 0 Å². The van der Waals surface area contributed by atoms with Crippen LogP contribution >= 0.6 is 0 Å². The van der Waals surface area contributed by atoms with Gasteiger partial charge in [0.2, 0.25) is 17.6 Å². The molecule has 1 atom stereocenters. The van der Waals surface area contributed by atoms with Gasteiger partial charge in [0.1, 0.15) is 11.4 Å². The normalized spacial score (nSPS) is 22.9. The van der Waals surface area contributed by atoms with Gasteiger partial charge in [-0.3, -0.25) is 9.59 Å². The van der Waals surface area contributed by atoms with E-state index in [4.69, 9.17) is 9.90 Å². The summed E-state index contributed by atoms with van der Waals surface area (Å²) in [6.45, 7) is 6.79. The number of nitrogens with zero attached hydrogens (tertiary/aromatic N) is 4. The van der Waals surface area contributed by atoms with Gasteiger partial charge in [-0.15, -0.1) is 0 Å². The van der Waals surface area contributed by atoms with Gasteiger partial charge < -0.3 is 19.8 Å². The van der Waals surface area contributed by atoms with E-state index in [1.54, 1.807) is 0 Å². The van der Waals surface area contributed by atoms with Crippen LogP contribution in [0.3, 0.4) is 0 Å². The molecule has 0 aromatic rings. The molecule has 1 aliphatic carbocycles.